The molecule has 0 saturated carbocycles. The lowest BCUT2D eigenvalue weighted by Gasteiger charge is -2.26. The van der Waals surface area contributed by atoms with Crippen LogP contribution in [0.4, 0.5) is 0 Å². The first kappa shape index (κ1) is 25.1. The summed E-state index contributed by atoms with van der Waals surface area (Å²) >= 11 is 0. The number of hydrogen-bond donors (Lipinski definition) is 1. The number of hydrogen-bond acceptors (Lipinski definition) is 6. The summed E-state index contributed by atoms with van der Waals surface area (Å²) in [6.45, 7) is 6.85. The van der Waals surface area contributed by atoms with Crippen LogP contribution in [0.2, 0.25) is 0 Å². The van der Waals surface area contributed by atoms with Gasteiger partial charge in [-0.25, -0.2) is 4.98 Å². The van der Waals surface area contributed by atoms with Gasteiger partial charge in [0.1, 0.15) is 23.2 Å². The third-order valence-electron chi connectivity index (χ3n) is 7.45. The molecule has 1 aromatic carbocycles. The molecular weight excluding hydrogens is 492 g/mol. The molecule has 9 nitrogen and oxygen atoms in total. The molecule has 9 heteroatoms. The maximum absolute atomic E-state index is 12.8. The normalized spacial score (nSPS) is 16.3. The number of carbonyl (C=O) groups is 1. The number of rotatable bonds is 7. The van der Waals surface area contributed by atoms with Gasteiger partial charge in [-0.3, -0.25) is 14.5 Å². The average Bonchev–Trinajstić information content (AvgIpc) is 3.60. The van der Waals surface area contributed by atoms with Crippen LogP contribution < -0.4 is 4.74 Å². The quantitative estimate of drug-likeness (QED) is 0.355. The summed E-state index contributed by atoms with van der Waals surface area (Å²) in [6.07, 6.45) is 10.5. The Bertz CT molecular complexity index is 1550. The lowest BCUT2D eigenvalue weighted by Crippen LogP contribution is -2.35. The first-order chi connectivity index (χ1) is 19.1. The third-order valence-corrected chi connectivity index (χ3v) is 7.45. The van der Waals surface area contributed by atoms with E-state index in [1.807, 2.05) is 30.4 Å². The van der Waals surface area contributed by atoms with Gasteiger partial charge in [0, 0.05) is 68.1 Å². The highest BCUT2D eigenvalue weighted by Gasteiger charge is 2.22. The van der Waals surface area contributed by atoms with E-state index >= 15 is 0 Å². The Morgan fingerprint density at radius 2 is 2.10 bits per heavy atom. The number of aromatic nitrogens is 4. The van der Waals surface area contributed by atoms with Crippen molar-refractivity contribution in [3.63, 3.8) is 0 Å². The Labute approximate surface area is 227 Å². The van der Waals surface area contributed by atoms with E-state index in [1.165, 1.54) is 5.57 Å². The van der Waals surface area contributed by atoms with Crippen LogP contribution in [0.15, 0.2) is 60.0 Å². The van der Waals surface area contributed by atoms with Gasteiger partial charge in [0.2, 0.25) is 0 Å². The van der Waals surface area contributed by atoms with Crippen LogP contribution >= 0.6 is 0 Å². The van der Waals surface area contributed by atoms with E-state index in [4.69, 9.17) is 14.5 Å². The summed E-state index contributed by atoms with van der Waals surface area (Å²) in [4.78, 5) is 26.8. The van der Waals surface area contributed by atoms with Gasteiger partial charge >= 0.3 is 0 Å². The summed E-state index contributed by atoms with van der Waals surface area (Å²) in [7, 11) is 1.82. The number of carbonyl (C=O) groups excluding carboxylic acids is 1. The molecule has 0 radical (unpaired) electrons. The molecule has 200 valence electrons. The van der Waals surface area contributed by atoms with Crippen molar-refractivity contribution in [1.82, 2.24) is 24.6 Å². The van der Waals surface area contributed by atoms with Gasteiger partial charge in [0.05, 0.1) is 19.8 Å². The molecular formula is C30H32N6O3. The molecule has 1 saturated heterocycles. The van der Waals surface area contributed by atoms with Crippen molar-refractivity contribution in [3.8, 4) is 16.9 Å². The Balaban J connectivity index is 1.25. The van der Waals surface area contributed by atoms with E-state index in [0.29, 0.717) is 25.3 Å². The Morgan fingerprint density at radius 3 is 2.85 bits per heavy atom. The predicted molar refractivity (Wildman–Crippen MR) is 151 cm³/mol. The second-order valence-electron chi connectivity index (χ2n) is 10.1. The molecule has 5 heterocycles. The van der Waals surface area contributed by atoms with Crippen molar-refractivity contribution < 1.29 is 14.3 Å². The molecule has 0 aliphatic carbocycles. The number of aromatic amines is 1. The Hall–Kier alpha value is -4.24. The first-order valence-corrected chi connectivity index (χ1v) is 13.3. The molecule has 0 atom stereocenters. The summed E-state index contributed by atoms with van der Waals surface area (Å²) in [5.74, 6) is 0.815. The number of aryl methyl sites for hydroxylation is 1. The molecule has 0 spiro atoms. The fourth-order valence-corrected chi connectivity index (χ4v) is 5.30. The van der Waals surface area contributed by atoms with Gasteiger partial charge in [-0.15, -0.1) is 0 Å². The number of amides is 1. The number of ether oxygens (including phenoxy) is 2. The smallest absolute Gasteiger partial charge is 0.274 e. The fraction of sp³-hybridized carbons (Fsp3) is 0.333. The highest BCUT2D eigenvalue weighted by Crippen LogP contribution is 2.34. The van der Waals surface area contributed by atoms with Gasteiger partial charge in [-0.1, -0.05) is 12.1 Å². The zero-order chi connectivity index (χ0) is 26.8. The maximum atomic E-state index is 12.8. The van der Waals surface area contributed by atoms with Crippen molar-refractivity contribution in [2.45, 2.75) is 31.9 Å². The number of benzene rings is 1. The van der Waals surface area contributed by atoms with Crippen molar-refractivity contribution in [2.24, 2.45) is 12.0 Å². The molecule has 2 aliphatic rings. The van der Waals surface area contributed by atoms with Gasteiger partial charge < -0.3 is 19.4 Å². The van der Waals surface area contributed by atoms with Gasteiger partial charge in [-0.05, 0) is 54.1 Å². The molecule has 3 aromatic heterocycles. The fourth-order valence-electron chi connectivity index (χ4n) is 5.30. The van der Waals surface area contributed by atoms with Crippen molar-refractivity contribution in [2.75, 3.05) is 26.3 Å². The standard InChI is InChI=1S/C30H32N6O3/c1-31-17-23-15-21(3-4-28(23)39-24-8-13-38-14-9-24)26-19-33-29-25(26)16-22(18-32-29)20-5-11-36(12-6-20)30(37)27-7-10-35(2)34-27/h3-5,7,10,15-16,18-19,24H,1,6,8-9,11-14,17H2,2H3,(H,32,33). The third kappa shape index (κ3) is 5.22. The van der Waals surface area contributed by atoms with E-state index in [1.54, 1.807) is 16.9 Å². The number of pyridine rings is 1. The lowest BCUT2D eigenvalue weighted by molar-refractivity contribution is 0.0252. The topological polar surface area (TPSA) is 97.6 Å². The van der Waals surface area contributed by atoms with Crippen LogP contribution in [0.5, 0.6) is 5.75 Å². The second-order valence-corrected chi connectivity index (χ2v) is 10.1. The van der Waals surface area contributed by atoms with Crippen molar-refractivity contribution >= 4 is 29.2 Å². The van der Waals surface area contributed by atoms with Crippen LogP contribution in [0, 0.1) is 0 Å². The first-order valence-electron chi connectivity index (χ1n) is 13.3. The maximum Gasteiger partial charge on any atom is 0.274 e. The largest absolute Gasteiger partial charge is 0.490 e. The molecule has 1 amide bonds. The predicted octanol–water partition coefficient (Wildman–Crippen LogP) is 4.65. The van der Waals surface area contributed by atoms with Gasteiger partial charge in [0.25, 0.3) is 5.91 Å². The number of H-pyrrole nitrogens is 1. The minimum absolute atomic E-state index is 0.0403. The van der Waals surface area contributed by atoms with Crippen LogP contribution in [-0.4, -0.2) is 69.7 Å². The van der Waals surface area contributed by atoms with Crippen molar-refractivity contribution in [1.29, 1.82) is 0 Å². The summed E-state index contributed by atoms with van der Waals surface area (Å²) < 4.78 is 13.4. The molecule has 39 heavy (non-hydrogen) atoms. The van der Waals surface area contributed by atoms with E-state index in [9.17, 15) is 4.79 Å². The van der Waals surface area contributed by atoms with E-state index in [-0.39, 0.29) is 12.0 Å². The number of aliphatic imine (C=N–C) groups is 1. The molecule has 2 aliphatic heterocycles. The summed E-state index contributed by atoms with van der Waals surface area (Å²) in [5, 5.41) is 5.30. The van der Waals surface area contributed by atoms with Crippen LogP contribution in [-0.2, 0) is 18.3 Å². The van der Waals surface area contributed by atoms with Crippen LogP contribution in [0.1, 0.15) is 40.9 Å². The Morgan fingerprint density at radius 1 is 1.23 bits per heavy atom. The number of nitrogens with zero attached hydrogens (tertiary/aromatic N) is 5. The zero-order valence-electron chi connectivity index (χ0n) is 22.1. The second kappa shape index (κ2) is 10.9. The molecule has 6 rings (SSSR count). The molecule has 1 fully saturated rings. The van der Waals surface area contributed by atoms with E-state index in [0.717, 1.165) is 71.5 Å². The van der Waals surface area contributed by atoms with Crippen LogP contribution in [0.3, 0.4) is 0 Å². The zero-order valence-corrected chi connectivity index (χ0v) is 22.1. The van der Waals surface area contributed by atoms with E-state index in [2.05, 4.69) is 46.1 Å². The highest BCUT2D eigenvalue weighted by atomic mass is 16.5. The molecule has 1 N–H and O–H groups in total. The number of nitrogens with one attached hydrogen (secondary N) is 1. The van der Waals surface area contributed by atoms with Crippen molar-refractivity contribution in [3.05, 3.63) is 71.8 Å². The van der Waals surface area contributed by atoms with Gasteiger partial charge in [-0.2, -0.15) is 5.10 Å². The number of fused-ring (bicyclic) bond motifs is 1. The SMILES string of the molecule is C=NCc1cc(-c2c[nH]c3ncc(C4=CCN(C(=O)c5ccn(C)n5)CC4)cc23)ccc1OC1CCOCC1. The average molecular weight is 525 g/mol. The van der Waals surface area contributed by atoms with E-state index < -0.39 is 0 Å². The minimum atomic E-state index is -0.0403. The highest BCUT2D eigenvalue weighted by molar-refractivity contribution is 5.96. The minimum Gasteiger partial charge on any atom is -0.490 e. The summed E-state index contributed by atoms with van der Waals surface area (Å²) in [5.41, 5.74) is 6.74. The summed E-state index contributed by atoms with van der Waals surface area (Å²) in [6, 6.07) is 10.2. The molecule has 4 aromatic rings. The molecule has 0 unspecified atom stereocenters. The lowest BCUT2D eigenvalue weighted by atomic mass is 9.97. The molecule has 0 bridgehead atoms. The van der Waals surface area contributed by atoms with Crippen LogP contribution in [0.25, 0.3) is 27.7 Å². The van der Waals surface area contributed by atoms with Gasteiger partial charge in [0.15, 0.2) is 0 Å². The monoisotopic (exact) mass is 524 g/mol. The Kier molecular flexibility index (Phi) is 6.98.